The van der Waals surface area contributed by atoms with Gasteiger partial charge in [-0.25, -0.2) is 4.98 Å². The predicted molar refractivity (Wildman–Crippen MR) is 63.2 cm³/mol. The van der Waals surface area contributed by atoms with E-state index in [1.165, 1.54) is 0 Å². The van der Waals surface area contributed by atoms with Crippen molar-refractivity contribution < 1.29 is 4.74 Å². The summed E-state index contributed by atoms with van der Waals surface area (Å²) in [6, 6.07) is 0. The minimum absolute atomic E-state index is 0.774. The Bertz CT molecular complexity index is 241. The van der Waals surface area contributed by atoms with Crippen LogP contribution in [-0.4, -0.2) is 50.3 Å². The van der Waals surface area contributed by atoms with Gasteiger partial charge >= 0.3 is 0 Å². The lowest BCUT2D eigenvalue weighted by Crippen LogP contribution is -2.30. The van der Waals surface area contributed by atoms with Crippen LogP contribution in [0.3, 0.4) is 0 Å². The molecule has 86 valence electrons. The molecule has 0 unspecified atom stereocenters. The van der Waals surface area contributed by atoms with Gasteiger partial charge in [0.15, 0.2) is 0 Å². The molecular weight excluding hydrogens is 210 g/mol. The van der Waals surface area contributed by atoms with E-state index in [0.29, 0.717) is 0 Å². The number of hydrogen-bond donors (Lipinski definition) is 1. The van der Waals surface area contributed by atoms with Crippen molar-refractivity contribution in [1.82, 2.24) is 15.2 Å². The van der Waals surface area contributed by atoms with E-state index in [9.17, 15) is 0 Å². The van der Waals surface area contributed by atoms with Gasteiger partial charge in [-0.2, -0.15) is 0 Å². The lowest BCUT2D eigenvalue weighted by molar-refractivity contribution is 0.197. The minimum atomic E-state index is 0.774. The summed E-state index contributed by atoms with van der Waals surface area (Å²) in [7, 11) is 3.83. The molecule has 0 aliphatic rings. The molecule has 0 saturated carbocycles. The van der Waals surface area contributed by atoms with E-state index in [1.54, 1.807) is 18.4 Å². The summed E-state index contributed by atoms with van der Waals surface area (Å²) in [5, 5.41) is 5.40. The van der Waals surface area contributed by atoms with Gasteiger partial charge in [0, 0.05) is 38.7 Å². The van der Waals surface area contributed by atoms with Crippen LogP contribution in [0.15, 0.2) is 10.9 Å². The van der Waals surface area contributed by atoms with Crippen molar-refractivity contribution in [1.29, 1.82) is 0 Å². The maximum absolute atomic E-state index is 4.95. The third-order valence-electron chi connectivity index (χ3n) is 2.07. The van der Waals surface area contributed by atoms with Crippen LogP contribution in [0.5, 0.6) is 0 Å². The van der Waals surface area contributed by atoms with Crippen molar-refractivity contribution in [2.45, 2.75) is 6.54 Å². The van der Waals surface area contributed by atoms with Crippen LogP contribution < -0.4 is 5.32 Å². The summed E-state index contributed by atoms with van der Waals surface area (Å²) in [4.78, 5) is 6.51. The summed E-state index contributed by atoms with van der Waals surface area (Å²) >= 11 is 1.65. The first-order chi connectivity index (χ1) is 7.33. The topological polar surface area (TPSA) is 37.4 Å². The molecule has 1 aromatic heterocycles. The smallest absolute Gasteiger partial charge is 0.0795 e. The molecule has 0 bridgehead atoms. The van der Waals surface area contributed by atoms with Gasteiger partial charge in [0.05, 0.1) is 17.8 Å². The standard InChI is InChI=1S/C10H19N3OS/c1-13(5-3-11-4-6-14-2)7-10-8-15-9-12-10/h8-9,11H,3-7H2,1-2H3. The van der Waals surface area contributed by atoms with E-state index in [0.717, 1.165) is 38.5 Å². The number of likely N-dealkylation sites (N-methyl/N-ethyl adjacent to an activating group) is 1. The Morgan fingerprint density at radius 1 is 1.53 bits per heavy atom. The summed E-state index contributed by atoms with van der Waals surface area (Å²) < 4.78 is 4.95. The molecule has 0 aliphatic heterocycles. The second-order valence-electron chi connectivity index (χ2n) is 3.46. The van der Waals surface area contributed by atoms with E-state index in [-0.39, 0.29) is 0 Å². The molecule has 0 aliphatic carbocycles. The highest BCUT2D eigenvalue weighted by Gasteiger charge is 2.00. The summed E-state index contributed by atoms with van der Waals surface area (Å²) in [5.74, 6) is 0. The first-order valence-electron chi connectivity index (χ1n) is 5.08. The molecule has 0 amide bonds. The van der Waals surface area contributed by atoms with Crippen molar-refractivity contribution in [3.63, 3.8) is 0 Å². The minimum Gasteiger partial charge on any atom is -0.383 e. The number of nitrogens with zero attached hydrogens (tertiary/aromatic N) is 2. The van der Waals surface area contributed by atoms with E-state index >= 15 is 0 Å². The van der Waals surface area contributed by atoms with Gasteiger partial charge in [-0.3, -0.25) is 4.90 Å². The van der Waals surface area contributed by atoms with Crippen molar-refractivity contribution in [2.75, 3.05) is 40.4 Å². The number of methoxy groups -OCH3 is 1. The zero-order valence-electron chi connectivity index (χ0n) is 9.40. The number of ether oxygens (including phenoxy) is 1. The molecule has 0 spiro atoms. The maximum Gasteiger partial charge on any atom is 0.0795 e. The van der Waals surface area contributed by atoms with Gasteiger partial charge in [0.1, 0.15) is 0 Å². The van der Waals surface area contributed by atoms with Crippen LogP contribution in [0, 0.1) is 0 Å². The lowest BCUT2D eigenvalue weighted by Gasteiger charge is -2.15. The first-order valence-corrected chi connectivity index (χ1v) is 6.02. The van der Waals surface area contributed by atoms with Gasteiger partial charge in [-0.1, -0.05) is 0 Å². The largest absolute Gasteiger partial charge is 0.383 e. The fraction of sp³-hybridized carbons (Fsp3) is 0.700. The predicted octanol–water partition coefficient (Wildman–Crippen LogP) is 0.811. The average Bonchev–Trinajstić information content (AvgIpc) is 2.70. The first kappa shape index (κ1) is 12.6. The van der Waals surface area contributed by atoms with Crippen LogP contribution in [0.2, 0.25) is 0 Å². The second kappa shape index (κ2) is 7.76. The molecule has 1 heterocycles. The molecule has 0 atom stereocenters. The maximum atomic E-state index is 4.95. The Hall–Kier alpha value is -0.490. The fourth-order valence-electron chi connectivity index (χ4n) is 1.24. The quantitative estimate of drug-likeness (QED) is 0.669. The van der Waals surface area contributed by atoms with Crippen LogP contribution in [-0.2, 0) is 11.3 Å². The third kappa shape index (κ3) is 5.84. The average molecular weight is 229 g/mol. The summed E-state index contributed by atoms with van der Waals surface area (Å²) in [5.41, 5.74) is 3.03. The van der Waals surface area contributed by atoms with Crippen LogP contribution in [0.25, 0.3) is 0 Å². The summed E-state index contributed by atoms with van der Waals surface area (Å²) in [6.45, 7) is 4.64. The summed E-state index contributed by atoms with van der Waals surface area (Å²) in [6.07, 6.45) is 0. The van der Waals surface area contributed by atoms with Gasteiger partial charge in [0.2, 0.25) is 0 Å². The number of nitrogens with one attached hydrogen (secondary N) is 1. The van der Waals surface area contributed by atoms with Crippen LogP contribution >= 0.6 is 11.3 Å². The van der Waals surface area contributed by atoms with Crippen molar-refractivity contribution in [2.24, 2.45) is 0 Å². The SMILES string of the molecule is COCCNCCN(C)Cc1cscn1. The zero-order chi connectivity index (χ0) is 10.9. The van der Waals surface area contributed by atoms with E-state index in [4.69, 9.17) is 4.74 Å². The molecule has 5 heteroatoms. The molecule has 0 aromatic carbocycles. The Kier molecular flexibility index (Phi) is 6.50. The molecule has 1 N–H and O–H groups in total. The van der Waals surface area contributed by atoms with Gasteiger partial charge in [0.25, 0.3) is 0 Å². The number of thiazole rings is 1. The normalized spacial score (nSPS) is 11.1. The fourth-order valence-corrected chi connectivity index (χ4v) is 1.79. The highest BCUT2D eigenvalue weighted by Crippen LogP contribution is 2.03. The highest BCUT2D eigenvalue weighted by atomic mass is 32.1. The second-order valence-corrected chi connectivity index (χ2v) is 4.18. The zero-order valence-corrected chi connectivity index (χ0v) is 10.2. The van der Waals surface area contributed by atoms with Gasteiger partial charge in [-0.05, 0) is 7.05 Å². The third-order valence-corrected chi connectivity index (χ3v) is 2.70. The molecule has 1 aromatic rings. The Morgan fingerprint density at radius 3 is 3.07 bits per heavy atom. The van der Waals surface area contributed by atoms with Crippen molar-refractivity contribution in [3.05, 3.63) is 16.6 Å². The molecule has 15 heavy (non-hydrogen) atoms. The van der Waals surface area contributed by atoms with Gasteiger partial charge in [-0.15, -0.1) is 11.3 Å². The number of rotatable bonds is 8. The van der Waals surface area contributed by atoms with Gasteiger partial charge < -0.3 is 10.1 Å². The molecule has 1 rings (SSSR count). The van der Waals surface area contributed by atoms with E-state index < -0.39 is 0 Å². The molecule has 0 saturated heterocycles. The number of hydrogen-bond acceptors (Lipinski definition) is 5. The van der Waals surface area contributed by atoms with E-state index in [2.05, 4.69) is 27.6 Å². The molecular formula is C10H19N3OS. The van der Waals surface area contributed by atoms with Crippen molar-refractivity contribution in [3.8, 4) is 0 Å². The van der Waals surface area contributed by atoms with E-state index in [1.807, 2.05) is 5.51 Å². The monoisotopic (exact) mass is 229 g/mol. The molecule has 4 nitrogen and oxygen atoms in total. The Labute approximate surface area is 95.3 Å². The van der Waals surface area contributed by atoms with Crippen molar-refractivity contribution >= 4 is 11.3 Å². The molecule has 0 radical (unpaired) electrons. The van der Waals surface area contributed by atoms with Crippen LogP contribution in [0.4, 0.5) is 0 Å². The lowest BCUT2D eigenvalue weighted by atomic mass is 10.4. The Balaban J connectivity index is 2.01. The Morgan fingerprint density at radius 2 is 2.40 bits per heavy atom. The number of aromatic nitrogens is 1. The highest BCUT2D eigenvalue weighted by molar-refractivity contribution is 7.07. The molecule has 0 fully saturated rings. The van der Waals surface area contributed by atoms with Crippen LogP contribution in [0.1, 0.15) is 5.69 Å².